The molecule has 0 unspecified atom stereocenters. The van der Waals surface area contributed by atoms with Crippen molar-refractivity contribution in [2.45, 2.75) is 6.92 Å². The van der Waals surface area contributed by atoms with Gasteiger partial charge in [0, 0.05) is 0 Å². The molecule has 0 aliphatic carbocycles. The molecule has 0 N–H and O–H groups in total. The number of hydrogen-bond acceptors (Lipinski definition) is 5. The van der Waals surface area contributed by atoms with Gasteiger partial charge in [0.05, 0.1) is 6.61 Å². The molecule has 0 amide bonds. The van der Waals surface area contributed by atoms with E-state index in [9.17, 15) is 14.4 Å². The fourth-order valence-electron chi connectivity index (χ4n) is 0.316. The van der Waals surface area contributed by atoms with E-state index in [1.54, 1.807) is 6.92 Å². The number of carbonyl (C=O) groups excluding carboxylic acids is 3. The second-order valence-electron chi connectivity index (χ2n) is 1.61. The quantitative estimate of drug-likeness (QED) is 0.234. The van der Waals surface area contributed by atoms with Crippen LogP contribution in [0, 0.1) is 5.92 Å². The molecular formula is C6H8O5. The summed E-state index contributed by atoms with van der Waals surface area (Å²) in [6.45, 7) is 1.78. The van der Waals surface area contributed by atoms with E-state index in [1.165, 1.54) is 0 Å². The molecular weight excluding hydrogens is 152 g/mol. The molecule has 0 fully saturated rings. The lowest BCUT2D eigenvalue weighted by Gasteiger charge is -2.00. The van der Waals surface area contributed by atoms with Gasteiger partial charge in [-0.3, -0.25) is 4.89 Å². The highest BCUT2D eigenvalue weighted by molar-refractivity contribution is 6.01. The lowest BCUT2D eigenvalue weighted by molar-refractivity contribution is -0.271. The van der Waals surface area contributed by atoms with Gasteiger partial charge in [0.15, 0.2) is 5.92 Å². The average Bonchev–Trinajstić information content (AvgIpc) is 2.03. The highest BCUT2D eigenvalue weighted by Gasteiger charge is 2.18. The third-order valence-electron chi connectivity index (χ3n) is 0.824. The van der Waals surface area contributed by atoms with Crippen LogP contribution < -0.4 is 0 Å². The summed E-state index contributed by atoms with van der Waals surface area (Å²) in [5.74, 6) is -2.36. The van der Waals surface area contributed by atoms with E-state index in [0.717, 1.165) is 0 Å². The molecule has 0 aromatic carbocycles. The monoisotopic (exact) mass is 160 g/mol. The van der Waals surface area contributed by atoms with Crippen LogP contribution in [-0.2, 0) is 24.2 Å². The Hall–Kier alpha value is -1.23. The highest BCUT2D eigenvalue weighted by atomic mass is 17.2. The number of hydrogen-bond donors (Lipinski definition) is 0. The topological polar surface area (TPSA) is 69.7 Å². The molecule has 5 nitrogen and oxygen atoms in total. The zero-order chi connectivity index (χ0) is 8.69. The Bertz CT molecular complexity index is 145. The zero-order valence-electron chi connectivity index (χ0n) is 5.98. The fourth-order valence-corrected chi connectivity index (χ4v) is 0.316. The zero-order valence-corrected chi connectivity index (χ0v) is 5.98. The summed E-state index contributed by atoms with van der Waals surface area (Å²) in [5.41, 5.74) is 0. The van der Waals surface area contributed by atoms with Gasteiger partial charge in [0.25, 0.3) is 0 Å². The normalized spacial score (nSPS) is 9.27. The lowest BCUT2D eigenvalue weighted by Crippen LogP contribution is -2.20. The molecule has 0 aromatic heterocycles. The van der Waals surface area contributed by atoms with Crippen LogP contribution >= 0.6 is 0 Å². The molecule has 5 heteroatoms. The van der Waals surface area contributed by atoms with E-state index in [2.05, 4.69) is 9.78 Å². The maximum absolute atomic E-state index is 10.6. The van der Waals surface area contributed by atoms with Crippen molar-refractivity contribution in [3.05, 3.63) is 0 Å². The van der Waals surface area contributed by atoms with Crippen LogP contribution in [0.25, 0.3) is 0 Å². The Morgan fingerprint density at radius 2 is 2.00 bits per heavy atom. The minimum Gasteiger partial charge on any atom is -0.302 e. The number of rotatable bonds is 5. The third kappa shape index (κ3) is 3.47. The van der Waals surface area contributed by atoms with Crippen LogP contribution in [0.15, 0.2) is 0 Å². The summed E-state index contributed by atoms with van der Waals surface area (Å²) >= 11 is 0. The van der Waals surface area contributed by atoms with Crippen molar-refractivity contribution in [1.82, 2.24) is 0 Å². The summed E-state index contributed by atoms with van der Waals surface area (Å²) in [6.07, 6.45) is 0.378. The SMILES string of the molecule is CCOOC(=O)C(C=O)C=O. The maximum Gasteiger partial charge on any atom is 0.359 e. The minimum absolute atomic E-state index is 0.177. The van der Waals surface area contributed by atoms with Crippen LogP contribution in [0.3, 0.4) is 0 Å². The Labute approximate surface area is 63.2 Å². The standard InChI is InChI=1S/C6H8O5/c1-2-10-11-6(9)5(3-7)4-8/h3-5H,2H2,1H3. The van der Waals surface area contributed by atoms with E-state index in [1.807, 2.05) is 0 Å². The van der Waals surface area contributed by atoms with Crippen LogP contribution in [0.2, 0.25) is 0 Å². The molecule has 0 rings (SSSR count). The first kappa shape index (κ1) is 9.77. The van der Waals surface area contributed by atoms with E-state index in [-0.39, 0.29) is 19.2 Å². The number of aldehydes is 2. The second-order valence-corrected chi connectivity index (χ2v) is 1.61. The molecule has 0 radical (unpaired) electrons. The van der Waals surface area contributed by atoms with Crippen molar-refractivity contribution in [2.75, 3.05) is 6.61 Å². The van der Waals surface area contributed by atoms with Crippen molar-refractivity contribution in [1.29, 1.82) is 0 Å². The van der Waals surface area contributed by atoms with Crippen molar-refractivity contribution in [2.24, 2.45) is 5.92 Å². The van der Waals surface area contributed by atoms with Crippen LogP contribution in [0.1, 0.15) is 6.92 Å². The van der Waals surface area contributed by atoms with E-state index < -0.39 is 11.9 Å². The molecule has 0 atom stereocenters. The van der Waals surface area contributed by atoms with Gasteiger partial charge >= 0.3 is 5.97 Å². The average molecular weight is 160 g/mol. The fraction of sp³-hybridized carbons (Fsp3) is 0.500. The third-order valence-corrected chi connectivity index (χ3v) is 0.824. The van der Waals surface area contributed by atoms with Crippen molar-refractivity contribution in [3.63, 3.8) is 0 Å². The number of carbonyl (C=O) groups is 3. The Kier molecular flexibility index (Phi) is 4.93. The van der Waals surface area contributed by atoms with E-state index in [4.69, 9.17) is 0 Å². The first-order chi connectivity index (χ1) is 5.26. The van der Waals surface area contributed by atoms with Gasteiger partial charge in [-0.2, -0.15) is 4.89 Å². The molecule has 0 bridgehead atoms. The summed E-state index contributed by atoms with van der Waals surface area (Å²) in [5, 5.41) is 0. The molecule has 11 heavy (non-hydrogen) atoms. The molecule has 0 spiro atoms. The molecule has 0 saturated heterocycles. The summed E-state index contributed by atoms with van der Waals surface area (Å²) < 4.78 is 0. The van der Waals surface area contributed by atoms with Crippen LogP contribution in [-0.4, -0.2) is 25.1 Å². The maximum atomic E-state index is 10.6. The van der Waals surface area contributed by atoms with Gasteiger partial charge in [0.1, 0.15) is 12.6 Å². The Morgan fingerprint density at radius 1 is 1.45 bits per heavy atom. The van der Waals surface area contributed by atoms with Crippen LogP contribution in [0.5, 0.6) is 0 Å². The highest BCUT2D eigenvalue weighted by Crippen LogP contribution is 1.92. The van der Waals surface area contributed by atoms with Crippen molar-refractivity contribution < 1.29 is 24.2 Å². The van der Waals surface area contributed by atoms with Crippen molar-refractivity contribution >= 4 is 18.5 Å². The molecule has 0 heterocycles. The lowest BCUT2D eigenvalue weighted by atomic mass is 10.2. The summed E-state index contributed by atoms with van der Waals surface area (Å²) in [6, 6.07) is 0. The first-order valence-corrected chi connectivity index (χ1v) is 3.00. The molecule has 0 aromatic rings. The van der Waals surface area contributed by atoms with Gasteiger partial charge in [-0.25, -0.2) is 4.79 Å². The second kappa shape index (κ2) is 5.55. The predicted octanol–water partition coefficient (Wildman–Crippen LogP) is -0.505. The first-order valence-electron chi connectivity index (χ1n) is 3.00. The largest absolute Gasteiger partial charge is 0.359 e. The Morgan fingerprint density at radius 3 is 2.36 bits per heavy atom. The van der Waals surface area contributed by atoms with Gasteiger partial charge in [0.2, 0.25) is 0 Å². The molecule has 0 aliphatic heterocycles. The minimum atomic E-state index is -1.37. The van der Waals surface area contributed by atoms with Gasteiger partial charge < -0.3 is 9.59 Å². The summed E-state index contributed by atoms with van der Waals surface area (Å²) in [4.78, 5) is 38.7. The van der Waals surface area contributed by atoms with Gasteiger partial charge in [-0.05, 0) is 6.92 Å². The summed E-state index contributed by atoms with van der Waals surface area (Å²) in [7, 11) is 0. The predicted molar refractivity (Wildman–Crippen MR) is 33.3 cm³/mol. The molecule has 0 saturated carbocycles. The molecule has 62 valence electrons. The smallest absolute Gasteiger partial charge is 0.302 e. The van der Waals surface area contributed by atoms with E-state index in [0.29, 0.717) is 0 Å². The van der Waals surface area contributed by atoms with Gasteiger partial charge in [-0.15, -0.1) is 0 Å². The van der Waals surface area contributed by atoms with Crippen molar-refractivity contribution in [3.8, 4) is 0 Å². The van der Waals surface area contributed by atoms with Crippen LogP contribution in [0.4, 0.5) is 0 Å². The molecule has 0 aliphatic rings. The van der Waals surface area contributed by atoms with E-state index >= 15 is 0 Å². The van der Waals surface area contributed by atoms with Gasteiger partial charge in [-0.1, -0.05) is 0 Å². The Balaban J connectivity index is 3.79.